The van der Waals surface area contributed by atoms with Crippen LogP contribution in [-0.4, -0.2) is 25.2 Å². The van der Waals surface area contributed by atoms with Crippen LogP contribution in [0.15, 0.2) is 42.5 Å². The number of anilines is 1. The molecule has 0 aliphatic carbocycles. The van der Waals surface area contributed by atoms with Gasteiger partial charge in [0.1, 0.15) is 6.54 Å². The number of hydrogen-bond donors (Lipinski definition) is 2. The summed E-state index contributed by atoms with van der Waals surface area (Å²) < 4.78 is 5.53. The van der Waals surface area contributed by atoms with Crippen LogP contribution in [0.4, 0.5) is 5.69 Å². The number of hydrogen-bond acceptors (Lipinski definition) is 2. The highest BCUT2D eigenvalue weighted by Gasteiger charge is 2.11. The Balaban J connectivity index is 1.85. The van der Waals surface area contributed by atoms with E-state index in [1.54, 1.807) is 18.2 Å². The van der Waals surface area contributed by atoms with Crippen LogP contribution in [0.3, 0.4) is 0 Å². The van der Waals surface area contributed by atoms with Crippen LogP contribution in [0.2, 0.25) is 10.0 Å². The third-order valence-electron chi connectivity index (χ3n) is 3.74. The van der Waals surface area contributed by atoms with Gasteiger partial charge in [-0.1, -0.05) is 35.3 Å². The topological polar surface area (TPSA) is 54.9 Å². The molecule has 0 fully saturated rings. The standard InChI is InChI=1S/C20H24Cl2N2O2/c1-14(2)26-10-4-9-23-13-15-5-3-6-17(11-15)24-20(25)18-8-7-16(21)12-19(18)22/h3,5-8,11-12,14,23H,4,9-10,13H2,1-2H3,(H,24,25)/p+1. The Morgan fingerprint density at radius 1 is 1.19 bits per heavy atom. The fourth-order valence-electron chi connectivity index (χ4n) is 2.46. The maximum atomic E-state index is 12.4. The molecule has 26 heavy (non-hydrogen) atoms. The van der Waals surface area contributed by atoms with Crippen molar-refractivity contribution in [1.29, 1.82) is 0 Å². The number of amides is 1. The summed E-state index contributed by atoms with van der Waals surface area (Å²) >= 11 is 12.0. The van der Waals surface area contributed by atoms with Gasteiger partial charge >= 0.3 is 0 Å². The average Bonchev–Trinajstić information content (AvgIpc) is 2.58. The van der Waals surface area contributed by atoms with Crippen molar-refractivity contribution in [3.8, 4) is 0 Å². The van der Waals surface area contributed by atoms with E-state index in [9.17, 15) is 4.79 Å². The number of ether oxygens (including phenoxy) is 1. The lowest BCUT2D eigenvalue weighted by molar-refractivity contribution is -0.671. The molecular weight excluding hydrogens is 371 g/mol. The predicted octanol–water partition coefficient (Wildman–Crippen LogP) is 4.12. The molecule has 0 saturated carbocycles. The van der Waals surface area contributed by atoms with E-state index >= 15 is 0 Å². The molecule has 2 rings (SSSR count). The molecule has 140 valence electrons. The van der Waals surface area contributed by atoms with Gasteiger partial charge in [0, 0.05) is 22.7 Å². The molecule has 6 heteroatoms. The second-order valence-corrected chi connectivity index (χ2v) is 7.18. The molecule has 0 heterocycles. The Morgan fingerprint density at radius 3 is 2.73 bits per heavy atom. The van der Waals surface area contributed by atoms with Crippen molar-refractivity contribution in [2.75, 3.05) is 18.5 Å². The highest BCUT2D eigenvalue weighted by Crippen LogP contribution is 2.22. The zero-order valence-corrected chi connectivity index (χ0v) is 16.6. The molecule has 4 nitrogen and oxygen atoms in total. The zero-order valence-electron chi connectivity index (χ0n) is 15.1. The van der Waals surface area contributed by atoms with Crippen LogP contribution in [0.5, 0.6) is 0 Å². The van der Waals surface area contributed by atoms with E-state index in [1.807, 2.05) is 38.1 Å². The summed E-state index contributed by atoms with van der Waals surface area (Å²) in [4.78, 5) is 12.4. The van der Waals surface area contributed by atoms with E-state index in [-0.39, 0.29) is 12.0 Å². The van der Waals surface area contributed by atoms with Gasteiger partial charge in [-0.2, -0.15) is 0 Å². The fourth-order valence-corrected chi connectivity index (χ4v) is 2.96. The lowest BCUT2D eigenvalue weighted by Gasteiger charge is -2.09. The summed E-state index contributed by atoms with van der Waals surface area (Å²) in [6.07, 6.45) is 1.30. The van der Waals surface area contributed by atoms with Crippen LogP contribution in [0, 0.1) is 0 Å². The van der Waals surface area contributed by atoms with Crippen LogP contribution in [-0.2, 0) is 11.3 Å². The number of rotatable bonds is 9. The van der Waals surface area contributed by atoms with Gasteiger partial charge in [-0.25, -0.2) is 0 Å². The normalized spacial score (nSPS) is 11.0. The van der Waals surface area contributed by atoms with Crippen LogP contribution in [0.25, 0.3) is 0 Å². The van der Waals surface area contributed by atoms with Gasteiger partial charge < -0.3 is 15.4 Å². The van der Waals surface area contributed by atoms with E-state index < -0.39 is 0 Å². The van der Waals surface area contributed by atoms with Gasteiger partial charge in [0.2, 0.25) is 0 Å². The Kier molecular flexibility index (Phi) is 8.39. The van der Waals surface area contributed by atoms with Gasteiger partial charge in [0.15, 0.2) is 0 Å². The first kappa shape index (κ1) is 20.7. The molecule has 0 aliphatic rings. The second-order valence-electron chi connectivity index (χ2n) is 6.33. The Bertz CT molecular complexity index is 736. The van der Waals surface area contributed by atoms with E-state index in [0.717, 1.165) is 37.4 Å². The number of quaternary nitrogens is 1. The fraction of sp³-hybridized carbons (Fsp3) is 0.350. The van der Waals surface area contributed by atoms with Crippen molar-refractivity contribution < 1.29 is 14.8 Å². The number of nitrogens with two attached hydrogens (primary N) is 1. The van der Waals surface area contributed by atoms with E-state index in [0.29, 0.717) is 15.6 Å². The number of halogens is 2. The Hall–Kier alpha value is -1.59. The smallest absolute Gasteiger partial charge is 0.257 e. The van der Waals surface area contributed by atoms with Crippen molar-refractivity contribution in [3.63, 3.8) is 0 Å². The minimum Gasteiger partial charge on any atom is -0.379 e. The van der Waals surface area contributed by atoms with Crippen molar-refractivity contribution in [1.82, 2.24) is 0 Å². The summed E-state index contributed by atoms with van der Waals surface area (Å²) in [5, 5.41) is 5.96. The molecule has 1 amide bonds. The summed E-state index contributed by atoms with van der Waals surface area (Å²) in [5.41, 5.74) is 2.29. The summed E-state index contributed by atoms with van der Waals surface area (Å²) in [6, 6.07) is 12.7. The first-order valence-corrected chi connectivity index (χ1v) is 9.50. The molecule has 0 radical (unpaired) electrons. The maximum Gasteiger partial charge on any atom is 0.257 e. The lowest BCUT2D eigenvalue weighted by atomic mass is 10.1. The van der Waals surface area contributed by atoms with Gasteiger partial charge in [-0.3, -0.25) is 4.79 Å². The van der Waals surface area contributed by atoms with Crippen molar-refractivity contribution in [2.24, 2.45) is 0 Å². The van der Waals surface area contributed by atoms with E-state index in [1.165, 1.54) is 0 Å². The quantitative estimate of drug-likeness (QED) is 0.627. The Morgan fingerprint density at radius 2 is 2.00 bits per heavy atom. The Labute approximate surface area is 164 Å². The SMILES string of the molecule is CC(C)OCCC[NH2+]Cc1cccc(NC(=O)c2ccc(Cl)cc2Cl)c1. The molecule has 0 unspecified atom stereocenters. The predicted molar refractivity (Wildman–Crippen MR) is 107 cm³/mol. The van der Waals surface area contributed by atoms with Gasteiger partial charge in [0.25, 0.3) is 5.91 Å². The summed E-state index contributed by atoms with van der Waals surface area (Å²) in [6.45, 7) is 6.73. The zero-order chi connectivity index (χ0) is 18.9. The molecule has 0 bridgehead atoms. The van der Waals surface area contributed by atoms with E-state index in [4.69, 9.17) is 27.9 Å². The molecule has 3 N–H and O–H groups in total. The van der Waals surface area contributed by atoms with Crippen molar-refractivity contribution in [3.05, 3.63) is 63.6 Å². The third kappa shape index (κ3) is 6.96. The number of carbonyl (C=O) groups excluding carboxylic acids is 1. The molecular formula is C20H25Cl2N2O2+. The number of nitrogens with one attached hydrogen (secondary N) is 1. The van der Waals surface area contributed by atoms with Crippen molar-refractivity contribution in [2.45, 2.75) is 32.9 Å². The highest BCUT2D eigenvalue weighted by molar-refractivity contribution is 6.37. The minimum atomic E-state index is -0.251. The first-order valence-electron chi connectivity index (χ1n) is 8.74. The van der Waals surface area contributed by atoms with Gasteiger partial charge in [0.05, 0.1) is 29.8 Å². The maximum absolute atomic E-state index is 12.4. The largest absolute Gasteiger partial charge is 0.379 e. The van der Waals surface area contributed by atoms with Crippen LogP contribution in [0.1, 0.15) is 36.2 Å². The molecule has 2 aromatic rings. The molecule has 0 aliphatic heterocycles. The lowest BCUT2D eigenvalue weighted by Crippen LogP contribution is -2.82. The molecule has 0 atom stereocenters. The third-order valence-corrected chi connectivity index (χ3v) is 4.29. The van der Waals surface area contributed by atoms with E-state index in [2.05, 4.69) is 10.6 Å². The number of benzene rings is 2. The minimum absolute atomic E-state index is 0.251. The van der Waals surface area contributed by atoms with Crippen LogP contribution >= 0.6 is 23.2 Å². The molecule has 0 aromatic heterocycles. The summed E-state index contributed by atoms with van der Waals surface area (Å²) in [7, 11) is 0. The number of carbonyl (C=O) groups is 1. The average molecular weight is 396 g/mol. The van der Waals surface area contributed by atoms with Gasteiger partial charge in [-0.05, 0) is 44.2 Å². The summed E-state index contributed by atoms with van der Waals surface area (Å²) in [5.74, 6) is -0.251. The monoisotopic (exact) mass is 395 g/mol. The first-order chi connectivity index (χ1) is 12.5. The van der Waals surface area contributed by atoms with Crippen LogP contribution < -0.4 is 10.6 Å². The highest BCUT2D eigenvalue weighted by atomic mass is 35.5. The molecule has 0 spiro atoms. The van der Waals surface area contributed by atoms with Crippen molar-refractivity contribution >= 4 is 34.8 Å². The van der Waals surface area contributed by atoms with Gasteiger partial charge in [-0.15, -0.1) is 0 Å². The molecule has 0 saturated heterocycles. The second kappa shape index (κ2) is 10.5. The molecule has 2 aromatic carbocycles.